The molecule has 0 unspecified atom stereocenters. The molecule has 104 valence electrons. The van der Waals surface area contributed by atoms with Crippen molar-refractivity contribution in [3.05, 3.63) is 0 Å². The lowest BCUT2D eigenvalue weighted by Crippen LogP contribution is -2.55. The highest BCUT2D eigenvalue weighted by molar-refractivity contribution is 7.80. The highest BCUT2D eigenvalue weighted by Crippen LogP contribution is 2.39. The molecule has 0 heterocycles. The van der Waals surface area contributed by atoms with Crippen molar-refractivity contribution in [1.82, 2.24) is 5.32 Å². The van der Waals surface area contributed by atoms with E-state index >= 15 is 0 Å². The van der Waals surface area contributed by atoms with Crippen LogP contribution in [0.1, 0.15) is 65.7 Å². The molecule has 4 heteroatoms. The Hall–Kier alpha value is -0.640. The van der Waals surface area contributed by atoms with Gasteiger partial charge in [-0.15, -0.1) is 0 Å². The Balaban J connectivity index is 2.89. The monoisotopic (exact) mass is 270 g/mol. The van der Waals surface area contributed by atoms with Crippen molar-refractivity contribution in [3.63, 3.8) is 0 Å². The fraction of sp³-hybridized carbons (Fsp3) is 0.857. The van der Waals surface area contributed by atoms with Crippen molar-refractivity contribution in [2.75, 3.05) is 0 Å². The molecule has 0 aromatic carbocycles. The van der Waals surface area contributed by atoms with Gasteiger partial charge in [0.05, 0.1) is 10.4 Å². The molecule has 0 saturated heterocycles. The van der Waals surface area contributed by atoms with Crippen LogP contribution >= 0.6 is 12.2 Å². The standard InChI is InChI=1S/C14H26N2OS/c1-4-13(5-2,6-3)16-12(17)14(11(15)18)9-7-8-10-14/h4-10H2,1-3H3,(H2,15,18)(H,16,17). The summed E-state index contributed by atoms with van der Waals surface area (Å²) in [6.45, 7) is 6.36. The summed E-state index contributed by atoms with van der Waals surface area (Å²) in [6, 6.07) is 0. The Morgan fingerprint density at radius 1 is 1.22 bits per heavy atom. The van der Waals surface area contributed by atoms with Gasteiger partial charge < -0.3 is 11.1 Å². The lowest BCUT2D eigenvalue weighted by Gasteiger charge is -2.36. The maximum absolute atomic E-state index is 12.6. The fourth-order valence-corrected chi connectivity index (χ4v) is 3.24. The second kappa shape index (κ2) is 6.00. The quantitative estimate of drug-likeness (QED) is 0.730. The number of thiocarbonyl (C=S) groups is 1. The van der Waals surface area contributed by atoms with Crippen LogP contribution in [0.5, 0.6) is 0 Å². The van der Waals surface area contributed by atoms with Crippen LogP contribution in [0.2, 0.25) is 0 Å². The van der Waals surface area contributed by atoms with Gasteiger partial charge in [-0.25, -0.2) is 0 Å². The largest absolute Gasteiger partial charge is 0.392 e. The number of carbonyl (C=O) groups is 1. The van der Waals surface area contributed by atoms with Crippen molar-refractivity contribution in [1.29, 1.82) is 0 Å². The molecule has 18 heavy (non-hydrogen) atoms. The summed E-state index contributed by atoms with van der Waals surface area (Å²) in [4.78, 5) is 13.0. The molecule has 1 amide bonds. The molecule has 0 bridgehead atoms. The molecule has 0 aromatic rings. The van der Waals surface area contributed by atoms with E-state index in [9.17, 15) is 4.79 Å². The summed E-state index contributed by atoms with van der Waals surface area (Å²) in [5.74, 6) is 0.0538. The van der Waals surface area contributed by atoms with Gasteiger partial charge in [0.25, 0.3) is 0 Å². The summed E-state index contributed by atoms with van der Waals surface area (Å²) in [5.41, 5.74) is 5.16. The number of rotatable bonds is 6. The van der Waals surface area contributed by atoms with E-state index in [0.717, 1.165) is 44.9 Å². The normalized spacial score (nSPS) is 18.6. The van der Waals surface area contributed by atoms with Gasteiger partial charge >= 0.3 is 0 Å². The van der Waals surface area contributed by atoms with Crippen molar-refractivity contribution >= 4 is 23.1 Å². The molecule has 1 rings (SSSR count). The predicted molar refractivity (Wildman–Crippen MR) is 79.4 cm³/mol. The first-order chi connectivity index (χ1) is 8.46. The summed E-state index contributed by atoms with van der Waals surface area (Å²) in [5, 5.41) is 3.24. The van der Waals surface area contributed by atoms with E-state index in [4.69, 9.17) is 18.0 Å². The van der Waals surface area contributed by atoms with Gasteiger partial charge in [-0.05, 0) is 32.1 Å². The molecule has 0 aliphatic heterocycles. The van der Waals surface area contributed by atoms with Crippen LogP contribution in [-0.4, -0.2) is 16.4 Å². The first-order valence-electron chi connectivity index (χ1n) is 7.09. The minimum absolute atomic E-state index is 0.0538. The molecule has 1 saturated carbocycles. The van der Waals surface area contributed by atoms with Crippen LogP contribution < -0.4 is 11.1 Å². The zero-order valence-corrected chi connectivity index (χ0v) is 12.7. The lowest BCUT2D eigenvalue weighted by molar-refractivity contribution is -0.129. The molecular formula is C14H26N2OS. The molecule has 3 nitrogen and oxygen atoms in total. The number of amides is 1. The summed E-state index contributed by atoms with van der Waals surface area (Å²) < 4.78 is 0. The molecule has 1 aliphatic rings. The molecule has 3 N–H and O–H groups in total. The lowest BCUT2D eigenvalue weighted by atomic mass is 9.82. The van der Waals surface area contributed by atoms with Crippen molar-refractivity contribution in [3.8, 4) is 0 Å². The zero-order chi connectivity index (χ0) is 13.8. The third-order valence-corrected chi connectivity index (χ3v) is 5.16. The van der Waals surface area contributed by atoms with E-state index < -0.39 is 5.41 Å². The van der Waals surface area contributed by atoms with Crippen molar-refractivity contribution in [2.24, 2.45) is 11.1 Å². The topological polar surface area (TPSA) is 55.1 Å². The fourth-order valence-electron chi connectivity index (χ4n) is 2.94. The Morgan fingerprint density at radius 2 is 1.67 bits per heavy atom. The van der Waals surface area contributed by atoms with E-state index in [2.05, 4.69) is 26.1 Å². The van der Waals surface area contributed by atoms with E-state index in [1.807, 2.05) is 0 Å². The van der Waals surface area contributed by atoms with E-state index in [0.29, 0.717) is 4.99 Å². The number of nitrogens with two attached hydrogens (primary N) is 1. The minimum atomic E-state index is -0.583. The molecular weight excluding hydrogens is 244 g/mol. The van der Waals surface area contributed by atoms with Crippen LogP contribution in [0.4, 0.5) is 0 Å². The maximum atomic E-state index is 12.6. The zero-order valence-electron chi connectivity index (χ0n) is 11.8. The van der Waals surface area contributed by atoms with Gasteiger partial charge in [-0.2, -0.15) is 0 Å². The van der Waals surface area contributed by atoms with Gasteiger partial charge in [0.15, 0.2) is 0 Å². The summed E-state index contributed by atoms with van der Waals surface area (Å²) in [7, 11) is 0. The number of nitrogens with one attached hydrogen (secondary N) is 1. The molecule has 1 aliphatic carbocycles. The third kappa shape index (κ3) is 2.68. The van der Waals surface area contributed by atoms with E-state index in [1.165, 1.54) is 0 Å². The van der Waals surface area contributed by atoms with Gasteiger partial charge in [0, 0.05) is 5.54 Å². The van der Waals surface area contributed by atoms with E-state index in [1.54, 1.807) is 0 Å². The summed E-state index contributed by atoms with van der Waals surface area (Å²) >= 11 is 5.16. The van der Waals surface area contributed by atoms with Crippen molar-refractivity contribution < 1.29 is 4.79 Å². The van der Waals surface area contributed by atoms with Gasteiger partial charge in [-0.3, -0.25) is 4.79 Å². The second-order valence-electron chi connectivity index (χ2n) is 5.45. The SMILES string of the molecule is CCC(CC)(CC)NC(=O)C1(C(N)=S)CCCC1. The number of hydrogen-bond donors (Lipinski definition) is 2. The maximum Gasteiger partial charge on any atom is 0.233 e. The molecule has 1 fully saturated rings. The second-order valence-corrected chi connectivity index (χ2v) is 5.89. The third-order valence-electron chi connectivity index (χ3n) is 4.77. The Bertz CT molecular complexity index is 309. The molecule has 0 radical (unpaired) electrons. The van der Waals surface area contributed by atoms with Crippen LogP contribution in [0.3, 0.4) is 0 Å². The minimum Gasteiger partial charge on any atom is -0.392 e. The number of carbonyl (C=O) groups excluding carboxylic acids is 1. The van der Waals surface area contributed by atoms with Crippen LogP contribution in [0.15, 0.2) is 0 Å². The van der Waals surface area contributed by atoms with Crippen molar-refractivity contribution in [2.45, 2.75) is 71.3 Å². The highest BCUT2D eigenvalue weighted by atomic mass is 32.1. The first kappa shape index (κ1) is 15.4. The molecule has 0 aromatic heterocycles. The van der Waals surface area contributed by atoms with Crippen LogP contribution in [0.25, 0.3) is 0 Å². The van der Waals surface area contributed by atoms with Gasteiger partial charge in [-0.1, -0.05) is 45.8 Å². The average Bonchev–Trinajstić information content (AvgIpc) is 2.86. The van der Waals surface area contributed by atoms with E-state index in [-0.39, 0.29) is 11.4 Å². The highest BCUT2D eigenvalue weighted by Gasteiger charge is 2.45. The number of hydrogen-bond acceptors (Lipinski definition) is 2. The smallest absolute Gasteiger partial charge is 0.233 e. The average molecular weight is 270 g/mol. The Morgan fingerprint density at radius 3 is 2.00 bits per heavy atom. The van der Waals surface area contributed by atoms with Crippen LogP contribution in [-0.2, 0) is 4.79 Å². The van der Waals surface area contributed by atoms with Crippen LogP contribution in [0, 0.1) is 5.41 Å². The first-order valence-corrected chi connectivity index (χ1v) is 7.49. The molecule has 0 spiro atoms. The Labute approximate surface area is 116 Å². The Kier molecular flexibility index (Phi) is 5.14. The molecule has 0 atom stereocenters. The predicted octanol–water partition coefficient (Wildman–Crippen LogP) is 2.92. The summed E-state index contributed by atoms with van der Waals surface area (Å²) in [6.07, 6.45) is 6.53. The van der Waals surface area contributed by atoms with Gasteiger partial charge in [0.2, 0.25) is 5.91 Å². The van der Waals surface area contributed by atoms with Gasteiger partial charge in [0.1, 0.15) is 0 Å².